The third kappa shape index (κ3) is 2.95. The van der Waals surface area contributed by atoms with E-state index in [9.17, 15) is 10.2 Å². The summed E-state index contributed by atoms with van der Waals surface area (Å²) in [5.74, 6) is 1.61. The average Bonchev–Trinajstić information content (AvgIpc) is 3.82. The molecule has 6 aliphatic heterocycles. The maximum atomic E-state index is 11.0. The minimum Gasteiger partial charge on any atom is -0.396 e. The Morgan fingerprint density at radius 1 is 0.886 bits per heavy atom. The summed E-state index contributed by atoms with van der Waals surface area (Å²) >= 11 is 0. The second-order valence-corrected chi connectivity index (χ2v) is 15.5. The Balaban J connectivity index is 1.03. The van der Waals surface area contributed by atoms with Crippen LogP contribution in [0.3, 0.4) is 0 Å². The van der Waals surface area contributed by atoms with Gasteiger partial charge in [-0.05, 0) is 91.6 Å². The largest absolute Gasteiger partial charge is 0.396 e. The van der Waals surface area contributed by atoms with Crippen molar-refractivity contribution in [2.75, 3.05) is 43.5 Å². The van der Waals surface area contributed by atoms with Crippen molar-refractivity contribution >= 4 is 11.4 Å². The highest BCUT2D eigenvalue weighted by molar-refractivity contribution is 5.67. The zero-order valence-electron chi connectivity index (χ0n) is 26.0. The predicted octanol–water partition coefficient (Wildman–Crippen LogP) is 4.82. The van der Waals surface area contributed by atoms with E-state index in [0.717, 1.165) is 32.5 Å². The van der Waals surface area contributed by atoms with Crippen molar-refractivity contribution in [2.24, 2.45) is 23.7 Å². The highest BCUT2D eigenvalue weighted by Gasteiger charge is 2.66. The van der Waals surface area contributed by atoms with E-state index in [2.05, 4.69) is 89.0 Å². The fraction of sp³-hybridized carbons (Fsp3) is 0.579. The Morgan fingerprint density at radius 3 is 2.39 bits per heavy atom. The summed E-state index contributed by atoms with van der Waals surface area (Å²) in [5.41, 5.74) is 10.2. The molecule has 0 aromatic heterocycles. The number of aliphatic hydroxyl groups excluding tert-OH is 2. The van der Waals surface area contributed by atoms with Gasteiger partial charge >= 0.3 is 0 Å². The van der Waals surface area contributed by atoms with Crippen LogP contribution in [0, 0.1) is 23.7 Å². The van der Waals surface area contributed by atoms with Crippen molar-refractivity contribution < 1.29 is 10.2 Å². The topological polar surface area (TPSA) is 71.0 Å². The van der Waals surface area contributed by atoms with Crippen molar-refractivity contribution in [1.29, 1.82) is 0 Å². The number of anilines is 2. The van der Waals surface area contributed by atoms with E-state index in [1.54, 1.807) is 0 Å². The molecule has 4 bridgehead atoms. The summed E-state index contributed by atoms with van der Waals surface area (Å²) in [6.45, 7) is 8.38. The summed E-state index contributed by atoms with van der Waals surface area (Å²) < 4.78 is 0. The van der Waals surface area contributed by atoms with Gasteiger partial charge in [0.25, 0.3) is 0 Å². The SMILES string of the molecule is C/C=C1/CN2CCC34c5cc([C@@H](C)C6=CN7CCC89c%10ccccc%10N[C@H]8[C@@H](CO)[C@H]6C[C@H]79)ccc5N[C@H]3[C@H](CO)[C@H]1C[C@H]24. The lowest BCUT2D eigenvalue weighted by Crippen LogP contribution is -2.62. The van der Waals surface area contributed by atoms with E-state index in [0.29, 0.717) is 23.9 Å². The molecule has 2 spiro atoms. The van der Waals surface area contributed by atoms with Gasteiger partial charge in [-0.3, -0.25) is 4.90 Å². The molecule has 3 saturated heterocycles. The van der Waals surface area contributed by atoms with Crippen LogP contribution in [0.5, 0.6) is 0 Å². The number of nitrogens with one attached hydrogen (secondary N) is 2. The van der Waals surface area contributed by atoms with Crippen molar-refractivity contribution in [3.8, 4) is 0 Å². The summed E-state index contributed by atoms with van der Waals surface area (Å²) in [4.78, 5) is 5.43. The summed E-state index contributed by atoms with van der Waals surface area (Å²) in [7, 11) is 0. The van der Waals surface area contributed by atoms with Gasteiger partial charge in [-0.1, -0.05) is 48.9 Å². The van der Waals surface area contributed by atoms with E-state index < -0.39 is 0 Å². The second-order valence-electron chi connectivity index (χ2n) is 15.5. The number of nitrogens with zero attached hydrogens (tertiary/aromatic N) is 2. The predicted molar refractivity (Wildman–Crippen MR) is 174 cm³/mol. The molecule has 6 heteroatoms. The first-order valence-corrected chi connectivity index (χ1v) is 17.4. The lowest BCUT2D eigenvalue weighted by molar-refractivity contribution is 0.0298. The van der Waals surface area contributed by atoms with Gasteiger partial charge in [0, 0.05) is 90.4 Å². The third-order valence-electron chi connectivity index (χ3n) is 14.6. The minimum atomic E-state index is 0.0762. The monoisotopic (exact) mass is 590 g/mol. The lowest BCUT2D eigenvalue weighted by atomic mass is 9.55. The quantitative estimate of drug-likeness (QED) is 0.383. The number of rotatable bonds is 4. The molecule has 10 rings (SSSR count). The standard InChI is InChI=1S/C38H46N4O2/c1-3-22-17-41-12-11-38-30-14-23(8-9-32(30)40-35(38)27(19-43)24(22)15-33(38)41)21(2)26-18-42-13-10-37-29-6-4-5-7-31(29)39-36(37)28(20-44)25(26)16-34(37)42/h3-9,14,18,21,24-25,27-28,33-36,39-40,43-44H,10-13,15-17,19-20H2,1-2H3/b22-3-/t21-,24+,25+,27-,28+,33+,34+,35+,36+,37?,38?/m1/s1. The van der Waals surface area contributed by atoms with Crippen molar-refractivity contribution in [1.82, 2.24) is 9.80 Å². The van der Waals surface area contributed by atoms with Crippen LogP contribution in [0.2, 0.25) is 0 Å². The number of hydrogen-bond donors (Lipinski definition) is 4. The highest BCUT2D eigenvalue weighted by atomic mass is 16.3. The van der Waals surface area contributed by atoms with Gasteiger partial charge in [0.1, 0.15) is 0 Å². The zero-order valence-corrected chi connectivity index (χ0v) is 26.0. The van der Waals surface area contributed by atoms with Crippen molar-refractivity contribution in [2.45, 2.75) is 80.4 Å². The molecule has 6 heterocycles. The summed E-state index contributed by atoms with van der Waals surface area (Å²) in [5, 5.41) is 29.7. The molecule has 8 aliphatic rings. The third-order valence-corrected chi connectivity index (χ3v) is 14.6. The molecular formula is C38H46N4O2. The first-order valence-electron chi connectivity index (χ1n) is 17.4. The minimum absolute atomic E-state index is 0.0762. The lowest BCUT2D eigenvalue weighted by Gasteiger charge is -2.55. The molecule has 2 aromatic rings. The molecule has 2 unspecified atom stereocenters. The number of allylic oxidation sites excluding steroid dienone is 2. The van der Waals surface area contributed by atoms with E-state index in [4.69, 9.17) is 0 Å². The molecule has 2 saturated carbocycles. The number of aliphatic hydroxyl groups is 2. The van der Waals surface area contributed by atoms with Gasteiger partial charge in [-0.25, -0.2) is 0 Å². The van der Waals surface area contributed by atoms with Crippen LogP contribution >= 0.6 is 0 Å². The fourth-order valence-electron chi connectivity index (χ4n) is 12.7. The molecule has 11 atom stereocenters. The molecule has 5 fully saturated rings. The van der Waals surface area contributed by atoms with E-state index in [-0.39, 0.29) is 53.9 Å². The van der Waals surface area contributed by atoms with Crippen LogP contribution in [0.4, 0.5) is 11.4 Å². The molecule has 2 aliphatic carbocycles. The van der Waals surface area contributed by atoms with Gasteiger partial charge < -0.3 is 25.7 Å². The molecule has 230 valence electrons. The number of fused-ring (bicyclic) bond motifs is 4. The van der Waals surface area contributed by atoms with Crippen LogP contribution in [0.1, 0.15) is 62.1 Å². The van der Waals surface area contributed by atoms with Gasteiger partial charge in [-0.2, -0.15) is 0 Å². The van der Waals surface area contributed by atoms with E-state index in [1.807, 2.05) is 0 Å². The maximum Gasteiger partial charge on any atom is 0.0484 e. The van der Waals surface area contributed by atoms with Crippen molar-refractivity contribution in [3.05, 3.63) is 82.6 Å². The number of benzene rings is 2. The van der Waals surface area contributed by atoms with E-state index >= 15 is 0 Å². The Hall–Kier alpha value is -2.80. The Kier molecular flexibility index (Phi) is 5.36. The number of piperidine rings is 1. The van der Waals surface area contributed by atoms with Gasteiger partial charge in [0.15, 0.2) is 0 Å². The van der Waals surface area contributed by atoms with Crippen LogP contribution in [-0.2, 0) is 10.8 Å². The zero-order chi connectivity index (χ0) is 29.5. The van der Waals surface area contributed by atoms with Gasteiger partial charge in [0.05, 0.1) is 0 Å². The smallest absolute Gasteiger partial charge is 0.0484 e. The molecule has 4 N–H and O–H groups in total. The molecular weight excluding hydrogens is 544 g/mol. The normalized spacial score (nSPS) is 43.5. The number of para-hydroxylation sites is 1. The Bertz CT molecular complexity index is 1620. The molecule has 0 amide bonds. The Labute approximate surface area is 261 Å². The summed E-state index contributed by atoms with van der Waals surface area (Å²) in [6, 6.07) is 17.9. The first-order chi connectivity index (χ1) is 21.5. The van der Waals surface area contributed by atoms with Crippen LogP contribution in [0.15, 0.2) is 65.9 Å². The average molecular weight is 591 g/mol. The van der Waals surface area contributed by atoms with E-state index in [1.165, 1.54) is 52.1 Å². The fourth-order valence-corrected chi connectivity index (χ4v) is 12.7. The highest BCUT2D eigenvalue weighted by Crippen LogP contribution is 2.64. The number of hydrogen-bond acceptors (Lipinski definition) is 6. The summed E-state index contributed by atoms with van der Waals surface area (Å²) in [6.07, 6.45) is 9.49. The molecule has 6 nitrogen and oxygen atoms in total. The maximum absolute atomic E-state index is 11.0. The Morgan fingerprint density at radius 2 is 1.59 bits per heavy atom. The van der Waals surface area contributed by atoms with Gasteiger partial charge in [0.2, 0.25) is 0 Å². The van der Waals surface area contributed by atoms with Gasteiger partial charge in [-0.15, -0.1) is 0 Å². The first kappa shape index (κ1) is 26.4. The van der Waals surface area contributed by atoms with Crippen LogP contribution in [0.25, 0.3) is 0 Å². The van der Waals surface area contributed by atoms with Crippen molar-refractivity contribution in [3.63, 3.8) is 0 Å². The van der Waals surface area contributed by atoms with Crippen LogP contribution < -0.4 is 10.6 Å². The van der Waals surface area contributed by atoms with Crippen LogP contribution in [-0.4, -0.2) is 77.0 Å². The molecule has 44 heavy (non-hydrogen) atoms. The molecule has 0 radical (unpaired) electrons. The second kappa shape index (κ2) is 8.92. The molecule has 2 aromatic carbocycles.